The Morgan fingerprint density at radius 2 is 1.92 bits per heavy atom. The SMILES string of the molecule is O=C(CCCc1ccc(F)cc1)N1CCC2(CC1)OCC[C@H](O)[C@@H]2O. The van der Waals surface area contributed by atoms with E-state index in [9.17, 15) is 19.4 Å². The number of rotatable bonds is 4. The lowest BCUT2D eigenvalue weighted by Gasteiger charge is -2.48. The number of hydrogen-bond acceptors (Lipinski definition) is 4. The molecule has 25 heavy (non-hydrogen) atoms. The van der Waals surface area contributed by atoms with Gasteiger partial charge in [0.1, 0.15) is 11.9 Å². The highest BCUT2D eigenvalue weighted by Crippen LogP contribution is 2.35. The highest BCUT2D eigenvalue weighted by Gasteiger charge is 2.47. The van der Waals surface area contributed by atoms with Crippen LogP contribution in [0.1, 0.15) is 37.7 Å². The maximum Gasteiger partial charge on any atom is 0.222 e. The van der Waals surface area contributed by atoms with Crippen LogP contribution in [0.3, 0.4) is 0 Å². The fourth-order valence-electron chi connectivity index (χ4n) is 3.80. The van der Waals surface area contributed by atoms with Crippen LogP contribution < -0.4 is 0 Å². The topological polar surface area (TPSA) is 70.0 Å². The van der Waals surface area contributed by atoms with Crippen molar-refractivity contribution in [1.82, 2.24) is 4.90 Å². The van der Waals surface area contributed by atoms with Crippen LogP contribution in [-0.2, 0) is 16.0 Å². The zero-order valence-electron chi connectivity index (χ0n) is 14.4. The number of aryl methyl sites for hydroxylation is 1. The van der Waals surface area contributed by atoms with Crippen LogP contribution in [0.2, 0.25) is 0 Å². The maximum atomic E-state index is 12.9. The quantitative estimate of drug-likeness (QED) is 0.865. The largest absolute Gasteiger partial charge is 0.390 e. The summed E-state index contributed by atoms with van der Waals surface area (Å²) in [6.07, 6.45) is 1.86. The second-order valence-corrected chi connectivity index (χ2v) is 7.07. The number of amides is 1. The third kappa shape index (κ3) is 4.19. The molecule has 1 aromatic rings. The van der Waals surface area contributed by atoms with Gasteiger partial charge in [-0.15, -0.1) is 0 Å². The first-order valence-electron chi connectivity index (χ1n) is 9.02. The fourth-order valence-corrected chi connectivity index (χ4v) is 3.80. The van der Waals surface area contributed by atoms with Crippen molar-refractivity contribution in [3.63, 3.8) is 0 Å². The van der Waals surface area contributed by atoms with E-state index < -0.39 is 17.8 Å². The monoisotopic (exact) mass is 351 g/mol. The molecule has 0 saturated carbocycles. The van der Waals surface area contributed by atoms with Gasteiger partial charge in [0.25, 0.3) is 0 Å². The number of aliphatic hydroxyl groups excluding tert-OH is 2. The number of nitrogens with zero attached hydrogens (tertiary/aromatic N) is 1. The zero-order valence-corrected chi connectivity index (χ0v) is 14.4. The molecule has 5 nitrogen and oxygen atoms in total. The Morgan fingerprint density at radius 1 is 1.24 bits per heavy atom. The van der Waals surface area contributed by atoms with Gasteiger partial charge < -0.3 is 19.8 Å². The average Bonchev–Trinajstić information content (AvgIpc) is 2.62. The number of halogens is 1. The van der Waals surface area contributed by atoms with Crippen LogP contribution in [-0.4, -0.2) is 58.5 Å². The third-order valence-corrected chi connectivity index (χ3v) is 5.44. The number of benzene rings is 1. The Morgan fingerprint density at radius 3 is 2.60 bits per heavy atom. The summed E-state index contributed by atoms with van der Waals surface area (Å²) in [5.74, 6) is -0.151. The molecule has 2 aliphatic heterocycles. The van der Waals surface area contributed by atoms with Crippen molar-refractivity contribution in [3.05, 3.63) is 35.6 Å². The molecule has 0 radical (unpaired) electrons. The first kappa shape index (κ1) is 18.3. The van der Waals surface area contributed by atoms with Crippen molar-refractivity contribution in [3.8, 4) is 0 Å². The van der Waals surface area contributed by atoms with E-state index in [2.05, 4.69) is 0 Å². The third-order valence-electron chi connectivity index (χ3n) is 5.44. The molecule has 2 atom stereocenters. The van der Waals surface area contributed by atoms with Gasteiger partial charge in [-0.2, -0.15) is 0 Å². The van der Waals surface area contributed by atoms with Crippen molar-refractivity contribution in [1.29, 1.82) is 0 Å². The van der Waals surface area contributed by atoms with Crippen LogP contribution >= 0.6 is 0 Å². The Bertz CT molecular complexity index is 584. The van der Waals surface area contributed by atoms with Crippen LogP contribution in [0.4, 0.5) is 4.39 Å². The number of aliphatic hydroxyl groups is 2. The highest BCUT2D eigenvalue weighted by molar-refractivity contribution is 5.76. The summed E-state index contributed by atoms with van der Waals surface area (Å²) in [6, 6.07) is 6.37. The van der Waals surface area contributed by atoms with Crippen LogP contribution in [0.25, 0.3) is 0 Å². The van der Waals surface area contributed by atoms with E-state index in [1.165, 1.54) is 12.1 Å². The predicted octanol–water partition coefficient (Wildman–Crippen LogP) is 1.65. The molecular weight excluding hydrogens is 325 g/mol. The summed E-state index contributed by atoms with van der Waals surface area (Å²) in [5, 5.41) is 20.1. The van der Waals surface area contributed by atoms with E-state index >= 15 is 0 Å². The molecule has 138 valence electrons. The predicted molar refractivity (Wildman–Crippen MR) is 90.5 cm³/mol. The summed E-state index contributed by atoms with van der Waals surface area (Å²) in [4.78, 5) is 14.2. The van der Waals surface area contributed by atoms with E-state index in [0.717, 1.165) is 18.4 Å². The summed E-state index contributed by atoms with van der Waals surface area (Å²) in [6.45, 7) is 1.53. The lowest BCUT2D eigenvalue weighted by atomic mass is 9.80. The fraction of sp³-hybridized carbons (Fsp3) is 0.632. The molecule has 3 rings (SSSR count). The Hall–Kier alpha value is -1.50. The van der Waals surface area contributed by atoms with Crippen LogP contribution in [0, 0.1) is 5.82 Å². The van der Waals surface area contributed by atoms with Gasteiger partial charge in [-0.3, -0.25) is 4.79 Å². The van der Waals surface area contributed by atoms with Gasteiger partial charge >= 0.3 is 0 Å². The highest BCUT2D eigenvalue weighted by atomic mass is 19.1. The van der Waals surface area contributed by atoms with Gasteiger partial charge in [0.05, 0.1) is 18.3 Å². The number of carbonyl (C=O) groups is 1. The molecule has 0 unspecified atom stereocenters. The number of carbonyl (C=O) groups excluding carboxylic acids is 1. The molecule has 2 aliphatic rings. The molecule has 2 heterocycles. The summed E-state index contributed by atoms with van der Waals surface area (Å²) in [5.41, 5.74) is 0.322. The average molecular weight is 351 g/mol. The van der Waals surface area contributed by atoms with E-state index in [4.69, 9.17) is 4.74 Å². The molecule has 0 bridgehead atoms. The van der Waals surface area contributed by atoms with Gasteiger partial charge in [-0.25, -0.2) is 4.39 Å². The first-order valence-corrected chi connectivity index (χ1v) is 9.02. The van der Waals surface area contributed by atoms with E-state index in [1.807, 2.05) is 4.90 Å². The Balaban J connectivity index is 1.44. The van der Waals surface area contributed by atoms with E-state index in [0.29, 0.717) is 45.4 Å². The molecule has 0 aromatic heterocycles. The minimum Gasteiger partial charge on any atom is -0.390 e. The molecule has 2 fully saturated rings. The summed E-state index contributed by atoms with van der Waals surface area (Å²) >= 11 is 0. The number of piperidine rings is 1. The van der Waals surface area contributed by atoms with Gasteiger partial charge in [-0.1, -0.05) is 12.1 Å². The van der Waals surface area contributed by atoms with Crippen molar-refractivity contribution in [2.24, 2.45) is 0 Å². The number of likely N-dealkylation sites (tertiary alicyclic amines) is 1. The Kier molecular flexibility index (Phi) is 5.71. The maximum absolute atomic E-state index is 12.9. The molecule has 6 heteroatoms. The lowest BCUT2D eigenvalue weighted by Crippen LogP contribution is -2.60. The van der Waals surface area contributed by atoms with Crippen molar-refractivity contribution in [2.45, 2.75) is 56.3 Å². The van der Waals surface area contributed by atoms with Gasteiger partial charge in [0.15, 0.2) is 0 Å². The second-order valence-electron chi connectivity index (χ2n) is 7.07. The minimum atomic E-state index is -0.878. The van der Waals surface area contributed by atoms with Crippen molar-refractivity contribution < 1.29 is 24.1 Å². The molecule has 2 N–H and O–H groups in total. The molecular formula is C19H26FNO4. The molecule has 2 saturated heterocycles. The number of ether oxygens (including phenoxy) is 1. The standard InChI is InChI=1S/C19H26FNO4/c20-15-6-4-14(5-7-15)2-1-3-17(23)21-11-9-19(10-12-21)18(24)16(22)8-13-25-19/h4-7,16,18,22,24H,1-3,8-13H2/t16-,18-/m0/s1. The zero-order chi connectivity index (χ0) is 17.9. The Labute approximate surface area is 147 Å². The van der Waals surface area contributed by atoms with Crippen molar-refractivity contribution in [2.75, 3.05) is 19.7 Å². The lowest BCUT2D eigenvalue weighted by molar-refractivity contribution is -0.214. The van der Waals surface area contributed by atoms with Gasteiger partial charge in [0.2, 0.25) is 5.91 Å². The smallest absolute Gasteiger partial charge is 0.222 e. The first-order chi connectivity index (χ1) is 12.0. The van der Waals surface area contributed by atoms with Gasteiger partial charge in [0, 0.05) is 19.5 Å². The van der Waals surface area contributed by atoms with E-state index in [-0.39, 0.29) is 11.7 Å². The van der Waals surface area contributed by atoms with Gasteiger partial charge in [-0.05, 0) is 49.8 Å². The minimum absolute atomic E-state index is 0.0998. The van der Waals surface area contributed by atoms with Crippen molar-refractivity contribution >= 4 is 5.91 Å². The molecule has 1 spiro atoms. The summed E-state index contributed by atoms with van der Waals surface area (Å²) in [7, 11) is 0. The van der Waals surface area contributed by atoms with E-state index in [1.54, 1.807) is 12.1 Å². The molecule has 1 amide bonds. The second kappa shape index (κ2) is 7.81. The molecule has 0 aliphatic carbocycles. The normalized spacial score (nSPS) is 26.0. The number of hydrogen-bond donors (Lipinski definition) is 2. The van der Waals surface area contributed by atoms with Crippen LogP contribution in [0.5, 0.6) is 0 Å². The molecule has 1 aromatic carbocycles. The van der Waals surface area contributed by atoms with Crippen LogP contribution in [0.15, 0.2) is 24.3 Å². The summed E-state index contributed by atoms with van der Waals surface area (Å²) < 4.78 is 18.7.